The molecule has 80 valence electrons. The normalized spacial score (nSPS) is 11.1. The van der Waals surface area contributed by atoms with Gasteiger partial charge in [-0.1, -0.05) is 17.7 Å². The first kappa shape index (κ1) is 10.9. The zero-order valence-electron chi connectivity index (χ0n) is 8.72. The van der Waals surface area contributed by atoms with E-state index in [1.54, 1.807) is 11.3 Å². The maximum Gasteiger partial charge on any atom is 0.0420 e. The van der Waals surface area contributed by atoms with Gasteiger partial charge < -0.3 is 5.32 Å². The van der Waals surface area contributed by atoms with E-state index in [9.17, 15) is 0 Å². The van der Waals surface area contributed by atoms with Gasteiger partial charge in [-0.3, -0.25) is 0 Å². The zero-order chi connectivity index (χ0) is 10.7. The molecule has 15 heavy (non-hydrogen) atoms. The molecule has 2 rings (SSSR count). The van der Waals surface area contributed by atoms with Crippen LogP contribution in [0.4, 0.5) is 0 Å². The lowest BCUT2D eigenvalue weighted by Gasteiger charge is -1.99. The monoisotopic (exact) mass is 239 g/mol. The molecule has 1 aromatic carbocycles. The van der Waals surface area contributed by atoms with Crippen LogP contribution in [-0.4, -0.2) is 13.6 Å². The second-order valence-corrected chi connectivity index (χ2v) is 4.96. The Balaban J connectivity index is 2.21. The molecule has 1 nitrogen and oxygen atoms in total. The van der Waals surface area contributed by atoms with Gasteiger partial charge in [0.1, 0.15) is 0 Å². The van der Waals surface area contributed by atoms with Crippen molar-refractivity contribution in [3.8, 4) is 0 Å². The topological polar surface area (TPSA) is 12.0 Å². The van der Waals surface area contributed by atoms with Crippen LogP contribution in [0.15, 0.2) is 23.6 Å². The molecule has 0 spiro atoms. The third-order valence-corrected chi connectivity index (χ3v) is 3.72. The highest BCUT2D eigenvalue weighted by atomic mass is 35.5. The second-order valence-electron chi connectivity index (χ2n) is 3.61. The minimum Gasteiger partial charge on any atom is -0.320 e. The van der Waals surface area contributed by atoms with Crippen molar-refractivity contribution in [1.82, 2.24) is 5.32 Å². The fourth-order valence-electron chi connectivity index (χ4n) is 1.71. The molecule has 0 saturated heterocycles. The number of nitrogens with one attached hydrogen (secondary N) is 1. The van der Waals surface area contributed by atoms with Crippen LogP contribution in [-0.2, 0) is 6.42 Å². The third-order valence-electron chi connectivity index (χ3n) is 2.49. The van der Waals surface area contributed by atoms with E-state index in [0.717, 1.165) is 18.0 Å². The van der Waals surface area contributed by atoms with E-state index in [2.05, 4.69) is 16.8 Å². The molecule has 0 radical (unpaired) electrons. The summed E-state index contributed by atoms with van der Waals surface area (Å²) in [5.41, 5.74) is 1.45. The predicted octanol–water partition coefficient (Wildman–Crippen LogP) is 3.71. The molecule has 0 fully saturated rings. The Morgan fingerprint density at radius 1 is 1.40 bits per heavy atom. The summed E-state index contributed by atoms with van der Waals surface area (Å²) in [4.78, 5) is 0. The number of rotatable bonds is 4. The SMILES string of the molecule is CNCCCc1csc2cc(Cl)ccc12. The molecule has 0 unspecified atom stereocenters. The molecule has 0 bridgehead atoms. The number of thiophene rings is 1. The average molecular weight is 240 g/mol. The highest BCUT2D eigenvalue weighted by Gasteiger charge is 2.03. The number of hydrogen-bond donors (Lipinski definition) is 1. The van der Waals surface area contributed by atoms with Crippen molar-refractivity contribution < 1.29 is 0 Å². The molecule has 1 N–H and O–H groups in total. The highest BCUT2D eigenvalue weighted by molar-refractivity contribution is 7.17. The fourth-order valence-corrected chi connectivity index (χ4v) is 2.98. The van der Waals surface area contributed by atoms with Crippen LogP contribution in [0.3, 0.4) is 0 Å². The lowest BCUT2D eigenvalue weighted by atomic mass is 10.1. The summed E-state index contributed by atoms with van der Waals surface area (Å²) < 4.78 is 1.29. The van der Waals surface area contributed by atoms with Crippen LogP contribution < -0.4 is 5.32 Å². The van der Waals surface area contributed by atoms with Gasteiger partial charge in [0, 0.05) is 9.72 Å². The number of hydrogen-bond acceptors (Lipinski definition) is 2. The Hall–Kier alpha value is -0.570. The standard InChI is InChI=1S/C12H14ClNS/c1-14-6-2-3-9-8-15-12-7-10(13)4-5-11(9)12/h4-5,7-8,14H,2-3,6H2,1H3. The van der Waals surface area contributed by atoms with Gasteiger partial charge in [-0.05, 0) is 54.9 Å². The number of halogens is 1. The maximum atomic E-state index is 5.95. The molecule has 0 atom stereocenters. The van der Waals surface area contributed by atoms with E-state index < -0.39 is 0 Å². The van der Waals surface area contributed by atoms with Crippen LogP contribution in [0.5, 0.6) is 0 Å². The summed E-state index contributed by atoms with van der Waals surface area (Å²) in [6.45, 7) is 1.07. The molecular formula is C12H14ClNS. The molecule has 0 saturated carbocycles. The molecule has 0 aliphatic carbocycles. The summed E-state index contributed by atoms with van der Waals surface area (Å²) in [6, 6.07) is 6.14. The minimum atomic E-state index is 0.825. The fraction of sp³-hybridized carbons (Fsp3) is 0.333. The lowest BCUT2D eigenvalue weighted by Crippen LogP contribution is -2.08. The minimum absolute atomic E-state index is 0.825. The Labute approximate surface area is 99.1 Å². The van der Waals surface area contributed by atoms with Crippen molar-refractivity contribution in [2.24, 2.45) is 0 Å². The van der Waals surface area contributed by atoms with Crippen molar-refractivity contribution >= 4 is 33.0 Å². The Morgan fingerprint density at radius 2 is 2.27 bits per heavy atom. The average Bonchev–Trinajstić information content (AvgIpc) is 2.61. The molecule has 1 aromatic heterocycles. The van der Waals surface area contributed by atoms with Gasteiger partial charge in [-0.25, -0.2) is 0 Å². The largest absolute Gasteiger partial charge is 0.320 e. The third kappa shape index (κ3) is 2.51. The Morgan fingerprint density at radius 3 is 3.07 bits per heavy atom. The Bertz CT molecular complexity index is 450. The Kier molecular flexibility index (Phi) is 3.62. The molecule has 0 aliphatic rings. The van der Waals surface area contributed by atoms with Gasteiger partial charge in [0.25, 0.3) is 0 Å². The van der Waals surface area contributed by atoms with Crippen LogP contribution in [0, 0.1) is 0 Å². The van der Waals surface area contributed by atoms with Gasteiger partial charge in [0.2, 0.25) is 0 Å². The van der Waals surface area contributed by atoms with E-state index >= 15 is 0 Å². The molecule has 0 aliphatic heterocycles. The summed E-state index contributed by atoms with van der Waals surface area (Å²) in [6.07, 6.45) is 2.33. The van der Waals surface area contributed by atoms with Gasteiger partial charge in [-0.2, -0.15) is 0 Å². The van der Waals surface area contributed by atoms with Crippen LogP contribution in [0.25, 0.3) is 10.1 Å². The van der Waals surface area contributed by atoms with E-state index in [1.807, 2.05) is 19.2 Å². The summed E-state index contributed by atoms with van der Waals surface area (Å²) in [5.74, 6) is 0. The van der Waals surface area contributed by atoms with E-state index in [4.69, 9.17) is 11.6 Å². The van der Waals surface area contributed by atoms with E-state index in [0.29, 0.717) is 0 Å². The van der Waals surface area contributed by atoms with Gasteiger partial charge in [0.05, 0.1) is 0 Å². The first-order chi connectivity index (χ1) is 7.31. The van der Waals surface area contributed by atoms with Crippen molar-refractivity contribution in [3.63, 3.8) is 0 Å². The van der Waals surface area contributed by atoms with Crippen molar-refractivity contribution in [2.75, 3.05) is 13.6 Å². The van der Waals surface area contributed by atoms with Gasteiger partial charge >= 0.3 is 0 Å². The molecule has 2 aromatic rings. The maximum absolute atomic E-state index is 5.95. The highest BCUT2D eigenvalue weighted by Crippen LogP contribution is 2.29. The molecule has 3 heteroatoms. The summed E-state index contributed by atoms with van der Waals surface area (Å²) in [7, 11) is 1.99. The molecular weight excluding hydrogens is 226 g/mol. The van der Waals surface area contributed by atoms with Crippen molar-refractivity contribution in [3.05, 3.63) is 34.2 Å². The van der Waals surface area contributed by atoms with E-state index in [1.165, 1.54) is 22.1 Å². The van der Waals surface area contributed by atoms with Crippen LogP contribution >= 0.6 is 22.9 Å². The quantitative estimate of drug-likeness (QED) is 0.803. The smallest absolute Gasteiger partial charge is 0.0420 e. The van der Waals surface area contributed by atoms with Gasteiger partial charge in [0.15, 0.2) is 0 Å². The molecule has 1 heterocycles. The van der Waals surface area contributed by atoms with Crippen molar-refractivity contribution in [1.29, 1.82) is 0 Å². The first-order valence-corrected chi connectivity index (χ1v) is 6.37. The summed E-state index contributed by atoms with van der Waals surface area (Å²) >= 11 is 7.73. The van der Waals surface area contributed by atoms with Crippen molar-refractivity contribution in [2.45, 2.75) is 12.8 Å². The lowest BCUT2D eigenvalue weighted by molar-refractivity contribution is 0.727. The predicted molar refractivity (Wildman–Crippen MR) is 69.1 cm³/mol. The molecule has 0 amide bonds. The number of aryl methyl sites for hydroxylation is 1. The van der Waals surface area contributed by atoms with E-state index in [-0.39, 0.29) is 0 Å². The second kappa shape index (κ2) is 4.97. The zero-order valence-corrected chi connectivity index (χ0v) is 10.3. The number of fused-ring (bicyclic) bond motifs is 1. The first-order valence-electron chi connectivity index (χ1n) is 5.11. The summed E-state index contributed by atoms with van der Waals surface area (Å²) in [5, 5.41) is 7.60. The number of benzene rings is 1. The van der Waals surface area contributed by atoms with Crippen LogP contribution in [0.1, 0.15) is 12.0 Å². The van der Waals surface area contributed by atoms with Crippen LogP contribution in [0.2, 0.25) is 5.02 Å². The van der Waals surface area contributed by atoms with Gasteiger partial charge in [-0.15, -0.1) is 11.3 Å².